The summed E-state index contributed by atoms with van der Waals surface area (Å²) in [6.07, 6.45) is 12.4. The summed E-state index contributed by atoms with van der Waals surface area (Å²) in [6.45, 7) is 10.9. The van der Waals surface area contributed by atoms with Gasteiger partial charge in [0, 0.05) is 48.7 Å². The SMILES string of the molecule is COc1cc(Nc2ncc(Br)c(NC(C)[C@H](C)N=C(/C=C\C=C/P(C)(C)=O)C3CC3)n2)c(C2CC2)cc1N1CCOCC1. The van der Waals surface area contributed by atoms with E-state index in [1.54, 1.807) is 32.5 Å². The van der Waals surface area contributed by atoms with E-state index in [2.05, 4.69) is 68.5 Å². The van der Waals surface area contributed by atoms with Gasteiger partial charge in [0.2, 0.25) is 5.95 Å². The number of hydrogen-bond donors (Lipinski definition) is 2. The third-order valence-electron chi connectivity index (χ3n) is 7.97. The maximum absolute atomic E-state index is 12.0. The lowest BCUT2D eigenvalue weighted by atomic mass is 10.1. The summed E-state index contributed by atoms with van der Waals surface area (Å²) in [5.41, 5.74) is 4.47. The summed E-state index contributed by atoms with van der Waals surface area (Å²) in [5, 5.41) is 7.04. The van der Waals surface area contributed by atoms with Gasteiger partial charge in [-0.2, -0.15) is 4.98 Å². The lowest BCUT2D eigenvalue weighted by Crippen LogP contribution is -2.36. The molecular formula is C32H44BrN6O3P. The second-order valence-corrected chi connectivity index (χ2v) is 16.2. The van der Waals surface area contributed by atoms with E-state index in [4.69, 9.17) is 19.5 Å². The first-order valence-electron chi connectivity index (χ1n) is 15.2. The number of methoxy groups -OCH3 is 1. The van der Waals surface area contributed by atoms with Crippen LogP contribution in [0.3, 0.4) is 0 Å². The monoisotopic (exact) mass is 670 g/mol. The molecule has 3 fully saturated rings. The summed E-state index contributed by atoms with van der Waals surface area (Å²) in [4.78, 5) is 16.8. The number of rotatable bonds is 13. The van der Waals surface area contributed by atoms with Crippen LogP contribution < -0.4 is 20.3 Å². The van der Waals surface area contributed by atoms with Crippen molar-refractivity contribution >= 4 is 51.9 Å². The zero-order valence-electron chi connectivity index (χ0n) is 25.8. The molecule has 43 heavy (non-hydrogen) atoms. The molecule has 0 amide bonds. The van der Waals surface area contributed by atoms with Gasteiger partial charge in [0.1, 0.15) is 18.7 Å². The number of aliphatic imine (C=N–C) groups is 1. The number of nitrogens with one attached hydrogen (secondary N) is 2. The van der Waals surface area contributed by atoms with Crippen molar-refractivity contribution in [3.63, 3.8) is 0 Å². The average molecular weight is 672 g/mol. The van der Waals surface area contributed by atoms with Crippen LogP contribution in [-0.2, 0) is 9.30 Å². The van der Waals surface area contributed by atoms with Crippen molar-refractivity contribution in [2.24, 2.45) is 10.9 Å². The summed E-state index contributed by atoms with van der Waals surface area (Å²) >= 11 is 3.63. The number of anilines is 4. The van der Waals surface area contributed by atoms with Crippen LogP contribution in [0, 0.1) is 5.92 Å². The number of nitrogens with zero attached hydrogens (tertiary/aromatic N) is 4. The molecule has 5 rings (SSSR count). The van der Waals surface area contributed by atoms with Crippen molar-refractivity contribution < 1.29 is 14.0 Å². The molecule has 9 nitrogen and oxygen atoms in total. The Hall–Kier alpha value is -2.68. The molecule has 2 atom stereocenters. The number of aromatic nitrogens is 2. The van der Waals surface area contributed by atoms with Gasteiger partial charge in [0.05, 0.1) is 36.5 Å². The lowest BCUT2D eigenvalue weighted by molar-refractivity contribution is 0.122. The van der Waals surface area contributed by atoms with Crippen LogP contribution in [0.2, 0.25) is 0 Å². The highest BCUT2D eigenvalue weighted by molar-refractivity contribution is 9.10. The topological polar surface area (TPSA) is 101 Å². The fraction of sp³-hybridized carbons (Fsp3) is 0.531. The normalized spacial score (nSPS) is 19.6. The second-order valence-electron chi connectivity index (χ2n) is 12.1. The number of benzene rings is 1. The Morgan fingerprint density at radius 2 is 1.93 bits per heavy atom. The van der Waals surface area contributed by atoms with Crippen molar-refractivity contribution in [2.75, 3.05) is 62.3 Å². The molecular weight excluding hydrogens is 627 g/mol. The Bertz CT molecular complexity index is 1430. The molecule has 1 saturated heterocycles. The molecule has 1 aliphatic heterocycles. The van der Waals surface area contributed by atoms with Crippen LogP contribution >= 0.6 is 23.1 Å². The predicted molar refractivity (Wildman–Crippen MR) is 181 cm³/mol. The number of allylic oxidation sites excluding steroid dienone is 3. The van der Waals surface area contributed by atoms with Crippen LogP contribution in [0.15, 0.2) is 51.8 Å². The van der Waals surface area contributed by atoms with Crippen molar-refractivity contribution in [1.82, 2.24) is 9.97 Å². The number of ether oxygens (including phenoxy) is 2. The Morgan fingerprint density at radius 1 is 1.19 bits per heavy atom. The van der Waals surface area contributed by atoms with Gasteiger partial charge >= 0.3 is 0 Å². The maximum Gasteiger partial charge on any atom is 0.229 e. The third-order valence-corrected chi connectivity index (χ3v) is 9.44. The summed E-state index contributed by atoms with van der Waals surface area (Å²) in [5.74, 6) is 4.88. The molecule has 1 aromatic heterocycles. The minimum absolute atomic E-state index is 0.0180. The summed E-state index contributed by atoms with van der Waals surface area (Å²) in [6, 6.07) is 4.40. The van der Waals surface area contributed by atoms with Gasteiger partial charge < -0.3 is 29.6 Å². The molecule has 2 aromatic rings. The van der Waals surface area contributed by atoms with Crippen molar-refractivity contribution in [1.29, 1.82) is 0 Å². The Labute approximate surface area is 264 Å². The van der Waals surface area contributed by atoms with Crippen LogP contribution in [0.25, 0.3) is 0 Å². The van der Waals surface area contributed by atoms with Gasteiger partial charge in [-0.3, -0.25) is 4.99 Å². The Kier molecular flexibility index (Phi) is 10.3. The van der Waals surface area contributed by atoms with E-state index in [1.165, 1.54) is 18.4 Å². The van der Waals surface area contributed by atoms with E-state index in [0.29, 0.717) is 23.6 Å². The smallest absolute Gasteiger partial charge is 0.229 e. The molecule has 2 saturated carbocycles. The third kappa shape index (κ3) is 8.93. The highest BCUT2D eigenvalue weighted by atomic mass is 79.9. The zero-order valence-corrected chi connectivity index (χ0v) is 28.3. The van der Waals surface area contributed by atoms with Gasteiger partial charge in [-0.1, -0.05) is 12.2 Å². The van der Waals surface area contributed by atoms with Crippen molar-refractivity contribution in [2.45, 2.75) is 57.5 Å². The van der Waals surface area contributed by atoms with Crippen LogP contribution in [0.4, 0.5) is 23.1 Å². The van der Waals surface area contributed by atoms with Crippen LogP contribution in [0.5, 0.6) is 5.75 Å². The molecule has 1 aromatic carbocycles. The highest BCUT2D eigenvalue weighted by Crippen LogP contribution is 2.48. The molecule has 0 radical (unpaired) electrons. The number of halogens is 1. The highest BCUT2D eigenvalue weighted by Gasteiger charge is 2.30. The molecule has 1 unspecified atom stereocenters. The molecule has 2 heterocycles. The van der Waals surface area contributed by atoms with Gasteiger partial charge in [-0.05, 0) is 98.2 Å². The molecule has 0 bridgehead atoms. The fourth-order valence-corrected chi connectivity index (χ4v) is 5.87. The van der Waals surface area contributed by atoms with E-state index in [0.717, 1.165) is 66.5 Å². The molecule has 232 valence electrons. The first-order chi connectivity index (χ1) is 20.6. The number of hydrogen-bond acceptors (Lipinski definition) is 9. The van der Waals surface area contributed by atoms with Crippen molar-refractivity contribution in [3.8, 4) is 5.75 Å². The van der Waals surface area contributed by atoms with Crippen LogP contribution in [-0.4, -0.2) is 74.5 Å². The standard InChI is InChI=1S/C32H44BrN6O3P/c1-21(35-27(24-11-12-24)8-6-7-17-43(4,5)40)22(2)36-31-26(33)20-34-32(38-31)37-28-19-30(41-3)29(18-25(28)23-9-10-23)39-13-15-42-16-14-39/h6-8,17-24H,9-16H2,1-5H3,(H2,34,36,37,38)/b8-6-,17-7-,35-27?/t21-,22?/m0/s1. The molecule has 11 heteroatoms. The Balaban J connectivity index is 1.31. The summed E-state index contributed by atoms with van der Waals surface area (Å²) < 4.78 is 24.2. The second kappa shape index (κ2) is 14.0. The quantitative estimate of drug-likeness (QED) is 0.129. The average Bonchev–Trinajstić information content (AvgIpc) is 3.90. The summed E-state index contributed by atoms with van der Waals surface area (Å²) in [7, 11) is -0.459. The minimum atomic E-state index is -2.18. The minimum Gasteiger partial charge on any atom is -0.495 e. The van der Waals surface area contributed by atoms with E-state index < -0.39 is 7.14 Å². The van der Waals surface area contributed by atoms with E-state index >= 15 is 0 Å². The first-order valence-corrected chi connectivity index (χ1v) is 18.7. The van der Waals surface area contributed by atoms with E-state index in [1.807, 2.05) is 12.2 Å². The zero-order chi connectivity index (χ0) is 30.6. The van der Waals surface area contributed by atoms with Crippen LogP contribution in [0.1, 0.15) is 51.0 Å². The molecule has 2 aliphatic carbocycles. The largest absolute Gasteiger partial charge is 0.495 e. The van der Waals surface area contributed by atoms with E-state index in [9.17, 15) is 4.57 Å². The predicted octanol–water partition coefficient (Wildman–Crippen LogP) is 7.44. The molecule has 0 spiro atoms. The lowest BCUT2D eigenvalue weighted by Gasteiger charge is -2.31. The van der Waals surface area contributed by atoms with Crippen molar-refractivity contribution in [3.05, 3.63) is 52.4 Å². The maximum atomic E-state index is 12.0. The van der Waals surface area contributed by atoms with Gasteiger partial charge in [0.15, 0.2) is 0 Å². The van der Waals surface area contributed by atoms with Gasteiger partial charge in [-0.15, -0.1) is 0 Å². The molecule has 2 N–H and O–H groups in total. The number of morpholine rings is 1. The van der Waals surface area contributed by atoms with Gasteiger partial charge in [-0.25, -0.2) is 4.98 Å². The molecule has 3 aliphatic rings. The fourth-order valence-electron chi connectivity index (χ4n) is 5.05. The van der Waals surface area contributed by atoms with E-state index in [-0.39, 0.29) is 12.1 Å². The Morgan fingerprint density at radius 3 is 2.58 bits per heavy atom. The first kappa shape index (κ1) is 31.7. The van der Waals surface area contributed by atoms with Gasteiger partial charge in [0.25, 0.3) is 0 Å².